The number of hydrogen-bond acceptors (Lipinski definition) is 3. The van der Waals surface area contributed by atoms with Gasteiger partial charge in [0.05, 0.1) is 6.20 Å². The van der Waals surface area contributed by atoms with Crippen molar-refractivity contribution < 1.29 is 9.90 Å². The van der Waals surface area contributed by atoms with E-state index in [0.29, 0.717) is 10.9 Å². The summed E-state index contributed by atoms with van der Waals surface area (Å²) in [5, 5.41) is 9.29. The van der Waals surface area contributed by atoms with E-state index in [9.17, 15) is 4.79 Å². The van der Waals surface area contributed by atoms with Crippen LogP contribution in [0.1, 0.15) is 21.1 Å². The van der Waals surface area contributed by atoms with Crippen molar-refractivity contribution in [2.45, 2.75) is 6.42 Å². The summed E-state index contributed by atoms with van der Waals surface area (Å²) in [5.41, 5.74) is 0. The van der Waals surface area contributed by atoms with Gasteiger partial charge in [0.2, 0.25) is 0 Å². The minimum Gasteiger partial charge on any atom is -0.477 e. The largest absolute Gasteiger partial charge is 0.477 e. The van der Waals surface area contributed by atoms with Crippen molar-refractivity contribution in [2.24, 2.45) is 0 Å². The molecule has 0 aliphatic heterocycles. The lowest BCUT2D eigenvalue weighted by Gasteiger charge is -1.82. The van der Waals surface area contributed by atoms with E-state index in [1.807, 2.05) is 6.08 Å². The summed E-state index contributed by atoms with van der Waals surface area (Å²) >= 11 is 6.61. The molecule has 1 rings (SSSR count). The number of carbonyl (C=O) groups is 1. The van der Waals surface area contributed by atoms with Crippen LogP contribution in [0.2, 0.25) is 0 Å². The number of allylic oxidation sites excluding steroid dienone is 1. The van der Waals surface area contributed by atoms with Crippen LogP contribution >= 0.6 is 22.9 Å². The molecule has 0 aliphatic carbocycles. The second-order valence-corrected chi connectivity index (χ2v) is 3.69. The number of rotatable bonds is 4. The highest BCUT2D eigenvalue weighted by Gasteiger charge is 2.05. The average Bonchev–Trinajstić information content (AvgIpc) is 2.53. The smallest absolute Gasteiger partial charge is 0.347 e. The molecule has 0 bridgehead atoms. The fourth-order valence-electron chi connectivity index (χ4n) is 0.711. The minimum absolute atomic E-state index is 0.255. The molecule has 0 unspecified atom stereocenters. The number of halogens is 1. The molecule has 0 saturated heterocycles. The van der Waals surface area contributed by atoms with E-state index < -0.39 is 5.97 Å². The van der Waals surface area contributed by atoms with Crippen LogP contribution < -0.4 is 0 Å². The van der Waals surface area contributed by atoms with Gasteiger partial charge < -0.3 is 5.11 Å². The molecular formula is C8H8ClNO2S. The standard InChI is InChI=1S/C8H8ClNO2S/c9-4-2-1-3-7-10-5-6(13-7)8(11)12/h1,3,5H,2,4H2,(H,11,12). The fourth-order valence-corrected chi connectivity index (χ4v) is 1.52. The van der Waals surface area contributed by atoms with Crippen LogP contribution in [0.15, 0.2) is 12.3 Å². The van der Waals surface area contributed by atoms with Gasteiger partial charge in [-0.25, -0.2) is 9.78 Å². The van der Waals surface area contributed by atoms with Gasteiger partial charge in [-0.2, -0.15) is 0 Å². The zero-order chi connectivity index (χ0) is 9.68. The maximum atomic E-state index is 10.5. The Morgan fingerprint density at radius 1 is 1.77 bits per heavy atom. The predicted octanol–water partition coefficient (Wildman–Crippen LogP) is 2.48. The number of alkyl halides is 1. The normalized spacial score (nSPS) is 10.8. The van der Waals surface area contributed by atoms with Crippen LogP contribution in [0.4, 0.5) is 0 Å². The lowest BCUT2D eigenvalue weighted by molar-refractivity contribution is 0.0702. The Bertz CT molecular complexity index is 322. The second-order valence-electron chi connectivity index (χ2n) is 2.25. The van der Waals surface area contributed by atoms with E-state index in [1.54, 1.807) is 6.08 Å². The molecule has 0 spiro atoms. The molecular weight excluding hydrogens is 210 g/mol. The highest BCUT2D eigenvalue weighted by molar-refractivity contribution is 7.14. The van der Waals surface area contributed by atoms with Crippen LogP contribution in [0.5, 0.6) is 0 Å². The van der Waals surface area contributed by atoms with Crippen molar-refractivity contribution in [3.63, 3.8) is 0 Å². The molecule has 13 heavy (non-hydrogen) atoms. The molecule has 0 fully saturated rings. The van der Waals surface area contributed by atoms with Crippen LogP contribution in [0, 0.1) is 0 Å². The first-order valence-electron chi connectivity index (χ1n) is 3.65. The zero-order valence-corrected chi connectivity index (χ0v) is 8.31. The van der Waals surface area contributed by atoms with Gasteiger partial charge >= 0.3 is 5.97 Å². The van der Waals surface area contributed by atoms with Crippen LogP contribution in [0.3, 0.4) is 0 Å². The molecule has 0 aromatic carbocycles. The maximum Gasteiger partial charge on any atom is 0.347 e. The Labute approximate surface area is 84.7 Å². The van der Waals surface area contributed by atoms with E-state index in [2.05, 4.69) is 4.98 Å². The van der Waals surface area contributed by atoms with Gasteiger partial charge in [0.25, 0.3) is 0 Å². The third kappa shape index (κ3) is 3.16. The van der Waals surface area contributed by atoms with E-state index >= 15 is 0 Å². The molecule has 1 aromatic rings. The Hall–Kier alpha value is -0.870. The van der Waals surface area contributed by atoms with Crippen molar-refractivity contribution in [2.75, 3.05) is 5.88 Å². The molecule has 5 heteroatoms. The number of hydrogen-bond donors (Lipinski definition) is 1. The van der Waals surface area contributed by atoms with Gasteiger partial charge in [-0.15, -0.1) is 22.9 Å². The maximum absolute atomic E-state index is 10.5. The molecule has 1 N–H and O–H groups in total. The van der Waals surface area contributed by atoms with Gasteiger partial charge in [0.1, 0.15) is 9.88 Å². The van der Waals surface area contributed by atoms with Gasteiger partial charge in [-0.05, 0) is 12.5 Å². The molecule has 70 valence electrons. The third-order valence-electron chi connectivity index (χ3n) is 1.27. The summed E-state index contributed by atoms with van der Waals surface area (Å²) in [4.78, 5) is 14.6. The SMILES string of the molecule is O=C(O)c1cnc(C=CCCCl)s1. The predicted molar refractivity (Wildman–Crippen MR) is 53.4 cm³/mol. The van der Waals surface area contributed by atoms with Gasteiger partial charge in [-0.1, -0.05) is 6.08 Å². The Balaban J connectivity index is 2.64. The third-order valence-corrected chi connectivity index (χ3v) is 2.44. The van der Waals surface area contributed by atoms with Gasteiger partial charge in [-0.3, -0.25) is 0 Å². The average molecular weight is 218 g/mol. The molecule has 3 nitrogen and oxygen atoms in total. The number of carboxylic acids is 1. The lowest BCUT2D eigenvalue weighted by Crippen LogP contribution is -1.89. The number of aromatic nitrogens is 1. The molecule has 1 aromatic heterocycles. The zero-order valence-electron chi connectivity index (χ0n) is 6.74. The first kappa shape index (κ1) is 10.2. The van der Waals surface area contributed by atoms with E-state index in [0.717, 1.165) is 17.8 Å². The van der Waals surface area contributed by atoms with Crippen molar-refractivity contribution in [1.29, 1.82) is 0 Å². The summed E-state index contributed by atoms with van der Waals surface area (Å²) in [6.07, 6.45) is 5.77. The highest BCUT2D eigenvalue weighted by Crippen LogP contribution is 2.14. The number of aromatic carboxylic acids is 1. The Morgan fingerprint density at radius 3 is 3.08 bits per heavy atom. The monoisotopic (exact) mass is 217 g/mol. The molecule has 0 atom stereocenters. The number of thiazole rings is 1. The van der Waals surface area contributed by atoms with Crippen molar-refractivity contribution in [3.05, 3.63) is 22.2 Å². The number of carboxylic acid groups (broad SMARTS) is 1. The second kappa shape index (κ2) is 4.99. The first-order valence-corrected chi connectivity index (χ1v) is 5.00. The van der Waals surface area contributed by atoms with E-state index in [-0.39, 0.29) is 4.88 Å². The molecule has 0 aliphatic rings. The van der Waals surface area contributed by atoms with Crippen LogP contribution in [-0.2, 0) is 0 Å². The van der Waals surface area contributed by atoms with E-state index in [1.165, 1.54) is 6.20 Å². The van der Waals surface area contributed by atoms with Gasteiger partial charge in [0.15, 0.2) is 0 Å². The topological polar surface area (TPSA) is 50.2 Å². The van der Waals surface area contributed by atoms with Crippen molar-refractivity contribution in [3.8, 4) is 0 Å². The van der Waals surface area contributed by atoms with Gasteiger partial charge in [0, 0.05) is 5.88 Å². The summed E-state index contributed by atoms with van der Waals surface area (Å²) in [6, 6.07) is 0. The van der Waals surface area contributed by atoms with E-state index in [4.69, 9.17) is 16.7 Å². The highest BCUT2D eigenvalue weighted by atomic mass is 35.5. The lowest BCUT2D eigenvalue weighted by atomic mass is 10.4. The minimum atomic E-state index is -0.936. The summed E-state index contributed by atoms with van der Waals surface area (Å²) in [5.74, 6) is -0.372. The van der Waals surface area contributed by atoms with Crippen LogP contribution in [0.25, 0.3) is 6.08 Å². The first-order chi connectivity index (χ1) is 6.24. The fraction of sp³-hybridized carbons (Fsp3) is 0.250. The van der Waals surface area contributed by atoms with Crippen molar-refractivity contribution in [1.82, 2.24) is 4.98 Å². The Kier molecular flexibility index (Phi) is 3.92. The molecule has 0 radical (unpaired) electrons. The quantitative estimate of drug-likeness (QED) is 0.789. The summed E-state index contributed by atoms with van der Waals surface area (Å²) < 4.78 is 0. The molecule has 0 saturated carbocycles. The summed E-state index contributed by atoms with van der Waals surface area (Å²) in [6.45, 7) is 0. The number of nitrogens with zero attached hydrogens (tertiary/aromatic N) is 1. The Morgan fingerprint density at radius 2 is 2.54 bits per heavy atom. The van der Waals surface area contributed by atoms with Crippen LogP contribution in [-0.4, -0.2) is 21.9 Å². The molecule has 1 heterocycles. The molecule has 0 amide bonds. The summed E-state index contributed by atoms with van der Waals surface area (Å²) in [7, 11) is 0. The van der Waals surface area contributed by atoms with Crippen molar-refractivity contribution >= 4 is 35.0 Å².